The van der Waals surface area contributed by atoms with Gasteiger partial charge in [0.25, 0.3) is 5.69 Å². The minimum atomic E-state index is -1.11. The molecule has 0 spiro atoms. The van der Waals surface area contributed by atoms with Crippen LogP contribution in [0.3, 0.4) is 0 Å². The molecule has 0 aliphatic heterocycles. The number of hydrogen-bond acceptors (Lipinski definition) is 5. The first-order chi connectivity index (χ1) is 7.54. The van der Waals surface area contributed by atoms with Crippen molar-refractivity contribution in [2.45, 2.75) is 6.61 Å². The largest absolute Gasteiger partial charge is 0.480 e. The number of anilines is 1. The number of aliphatic hydroxyl groups is 1. The van der Waals surface area contributed by atoms with Crippen molar-refractivity contribution in [1.29, 1.82) is 0 Å². The Morgan fingerprint density at radius 1 is 1.50 bits per heavy atom. The molecule has 0 saturated carbocycles. The second-order valence-electron chi connectivity index (χ2n) is 3.01. The van der Waals surface area contributed by atoms with Crippen molar-refractivity contribution >= 4 is 17.3 Å². The van der Waals surface area contributed by atoms with Crippen LogP contribution in [0.25, 0.3) is 0 Å². The summed E-state index contributed by atoms with van der Waals surface area (Å²) < 4.78 is 0. The molecule has 0 amide bonds. The van der Waals surface area contributed by atoms with Gasteiger partial charge < -0.3 is 15.5 Å². The second kappa shape index (κ2) is 5.08. The monoisotopic (exact) mass is 226 g/mol. The second-order valence-corrected chi connectivity index (χ2v) is 3.01. The number of carbonyl (C=O) groups is 1. The number of rotatable bonds is 5. The Labute approximate surface area is 90.5 Å². The summed E-state index contributed by atoms with van der Waals surface area (Å²) in [5, 5.41) is 30.3. The van der Waals surface area contributed by atoms with Gasteiger partial charge in [-0.2, -0.15) is 0 Å². The Balaban J connectivity index is 2.98. The third kappa shape index (κ3) is 2.92. The summed E-state index contributed by atoms with van der Waals surface area (Å²) in [6.45, 7) is -0.709. The molecule has 0 bridgehead atoms. The van der Waals surface area contributed by atoms with Crippen LogP contribution in [-0.2, 0) is 11.4 Å². The van der Waals surface area contributed by atoms with Crippen LogP contribution in [-0.4, -0.2) is 27.7 Å². The molecule has 7 heteroatoms. The van der Waals surface area contributed by atoms with Crippen molar-refractivity contribution in [2.24, 2.45) is 0 Å². The van der Waals surface area contributed by atoms with E-state index in [1.54, 1.807) is 0 Å². The first-order valence-corrected chi connectivity index (χ1v) is 4.38. The van der Waals surface area contributed by atoms with Gasteiger partial charge in [0, 0.05) is 6.07 Å². The molecule has 0 heterocycles. The van der Waals surface area contributed by atoms with E-state index in [4.69, 9.17) is 10.2 Å². The molecule has 1 rings (SSSR count). The molecule has 3 N–H and O–H groups in total. The fraction of sp³-hybridized carbons (Fsp3) is 0.222. The highest BCUT2D eigenvalue weighted by Gasteiger charge is 2.14. The van der Waals surface area contributed by atoms with Gasteiger partial charge in [-0.05, 0) is 11.6 Å². The average molecular weight is 226 g/mol. The number of aliphatic carboxylic acids is 1. The lowest BCUT2D eigenvalue weighted by molar-refractivity contribution is -0.384. The quantitative estimate of drug-likeness (QED) is 0.500. The van der Waals surface area contributed by atoms with Gasteiger partial charge in [0.1, 0.15) is 12.2 Å². The standard InChI is InChI=1S/C9H10N2O5/c12-5-6-1-2-7(10-4-9(13)14)8(3-6)11(15)16/h1-3,10,12H,4-5H2,(H,13,14). The minimum absolute atomic E-state index is 0.115. The normalized spacial score (nSPS) is 9.81. The molecule has 7 nitrogen and oxygen atoms in total. The van der Waals surface area contributed by atoms with Crippen molar-refractivity contribution in [3.05, 3.63) is 33.9 Å². The lowest BCUT2D eigenvalue weighted by atomic mass is 10.2. The number of carboxylic acid groups (broad SMARTS) is 1. The summed E-state index contributed by atoms with van der Waals surface area (Å²) in [5.41, 5.74) is 0.255. The fourth-order valence-corrected chi connectivity index (χ4v) is 1.15. The smallest absolute Gasteiger partial charge is 0.322 e. The lowest BCUT2D eigenvalue weighted by Crippen LogP contribution is -2.13. The third-order valence-electron chi connectivity index (χ3n) is 1.87. The molecule has 0 aliphatic carbocycles. The van der Waals surface area contributed by atoms with Crippen molar-refractivity contribution in [3.8, 4) is 0 Å². The molecule has 0 fully saturated rings. The van der Waals surface area contributed by atoms with E-state index < -0.39 is 17.4 Å². The number of nitrogens with zero attached hydrogens (tertiary/aromatic N) is 1. The Kier molecular flexibility index (Phi) is 3.78. The summed E-state index contributed by atoms with van der Waals surface area (Å²) in [6.07, 6.45) is 0. The molecular weight excluding hydrogens is 216 g/mol. The van der Waals surface area contributed by atoms with Crippen LogP contribution in [0.2, 0.25) is 0 Å². The van der Waals surface area contributed by atoms with Crippen molar-refractivity contribution in [2.75, 3.05) is 11.9 Å². The van der Waals surface area contributed by atoms with Gasteiger partial charge in [-0.15, -0.1) is 0 Å². The van der Waals surface area contributed by atoms with E-state index in [0.717, 1.165) is 0 Å². The third-order valence-corrected chi connectivity index (χ3v) is 1.87. The molecule has 0 aromatic heterocycles. The zero-order valence-corrected chi connectivity index (χ0v) is 8.21. The zero-order valence-electron chi connectivity index (χ0n) is 8.21. The predicted molar refractivity (Wildman–Crippen MR) is 55.1 cm³/mol. The van der Waals surface area contributed by atoms with Gasteiger partial charge >= 0.3 is 5.97 Å². The topological polar surface area (TPSA) is 113 Å². The molecular formula is C9H10N2O5. The summed E-state index contributed by atoms with van der Waals surface area (Å²) >= 11 is 0. The highest BCUT2D eigenvalue weighted by Crippen LogP contribution is 2.25. The van der Waals surface area contributed by atoms with Crippen molar-refractivity contribution in [1.82, 2.24) is 0 Å². The van der Waals surface area contributed by atoms with Gasteiger partial charge in [0.2, 0.25) is 0 Å². The van der Waals surface area contributed by atoms with Gasteiger partial charge in [0.15, 0.2) is 0 Å². The van der Waals surface area contributed by atoms with E-state index in [9.17, 15) is 14.9 Å². The number of aliphatic hydroxyl groups excluding tert-OH is 1. The van der Waals surface area contributed by atoms with E-state index >= 15 is 0 Å². The van der Waals surface area contributed by atoms with Crippen LogP contribution in [0.15, 0.2) is 18.2 Å². The van der Waals surface area contributed by atoms with E-state index in [0.29, 0.717) is 5.56 Å². The first kappa shape index (κ1) is 11.9. The molecule has 0 saturated heterocycles. The SMILES string of the molecule is O=C(O)CNc1ccc(CO)cc1[N+](=O)[O-]. The molecule has 1 aromatic carbocycles. The average Bonchev–Trinajstić information content (AvgIpc) is 2.25. The summed E-state index contributed by atoms with van der Waals surface area (Å²) in [7, 11) is 0. The van der Waals surface area contributed by atoms with Crippen molar-refractivity contribution < 1.29 is 19.9 Å². The van der Waals surface area contributed by atoms with Gasteiger partial charge in [-0.3, -0.25) is 14.9 Å². The zero-order chi connectivity index (χ0) is 12.1. The van der Waals surface area contributed by atoms with Crippen molar-refractivity contribution in [3.63, 3.8) is 0 Å². The number of benzene rings is 1. The lowest BCUT2D eigenvalue weighted by Gasteiger charge is -2.05. The molecule has 0 aliphatic rings. The van der Waals surface area contributed by atoms with Crippen LogP contribution < -0.4 is 5.32 Å². The Hall–Kier alpha value is -2.15. The van der Waals surface area contributed by atoms with Crippen LogP contribution in [0, 0.1) is 10.1 Å². The highest BCUT2D eigenvalue weighted by molar-refractivity contribution is 5.75. The maximum Gasteiger partial charge on any atom is 0.322 e. The predicted octanol–water partition coefficient (Wildman–Crippen LogP) is 0.584. The van der Waals surface area contributed by atoms with E-state index in [2.05, 4.69) is 5.32 Å². The maximum absolute atomic E-state index is 10.7. The Morgan fingerprint density at radius 2 is 2.19 bits per heavy atom. The van der Waals surface area contributed by atoms with E-state index in [1.807, 2.05) is 0 Å². The maximum atomic E-state index is 10.7. The van der Waals surface area contributed by atoms with Crippen LogP contribution in [0.1, 0.15) is 5.56 Å². The molecule has 86 valence electrons. The molecule has 0 atom stereocenters. The summed E-state index contributed by atoms with van der Waals surface area (Å²) in [6, 6.07) is 4.05. The van der Waals surface area contributed by atoms with Crippen LogP contribution in [0.5, 0.6) is 0 Å². The number of nitro benzene ring substituents is 1. The van der Waals surface area contributed by atoms with E-state index in [1.165, 1.54) is 18.2 Å². The summed E-state index contributed by atoms with van der Waals surface area (Å²) in [4.78, 5) is 20.3. The highest BCUT2D eigenvalue weighted by atomic mass is 16.6. The minimum Gasteiger partial charge on any atom is -0.480 e. The van der Waals surface area contributed by atoms with Crippen LogP contribution >= 0.6 is 0 Å². The Bertz CT molecular complexity index is 418. The number of nitro groups is 1. The molecule has 0 radical (unpaired) electrons. The fourth-order valence-electron chi connectivity index (χ4n) is 1.15. The molecule has 0 unspecified atom stereocenters. The first-order valence-electron chi connectivity index (χ1n) is 4.38. The number of hydrogen-bond donors (Lipinski definition) is 3. The molecule has 16 heavy (non-hydrogen) atoms. The number of carboxylic acids is 1. The van der Waals surface area contributed by atoms with Gasteiger partial charge in [-0.25, -0.2) is 0 Å². The molecule has 1 aromatic rings. The summed E-state index contributed by atoms with van der Waals surface area (Å²) in [5.74, 6) is -1.11. The Morgan fingerprint density at radius 3 is 2.69 bits per heavy atom. The van der Waals surface area contributed by atoms with Crippen LogP contribution in [0.4, 0.5) is 11.4 Å². The number of nitrogens with one attached hydrogen (secondary N) is 1. The van der Waals surface area contributed by atoms with Gasteiger partial charge in [-0.1, -0.05) is 6.07 Å². The van der Waals surface area contributed by atoms with E-state index in [-0.39, 0.29) is 18.0 Å². The van der Waals surface area contributed by atoms with Gasteiger partial charge in [0.05, 0.1) is 11.5 Å².